The number of nitrogens with zero attached hydrogens (tertiary/aromatic N) is 4. The van der Waals surface area contributed by atoms with Crippen molar-refractivity contribution in [2.45, 2.75) is 6.42 Å². The lowest BCUT2D eigenvalue weighted by Crippen LogP contribution is -2.49. The molecule has 7 heteroatoms. The molecule has 3 heterocycles. The molecular formula is C19H15N5O2. The number of amides is 2. The van der Waals surface area contributed by atoms with Crippen molar-refractivity contribution in [3.8, 4) is 11.3 Å². The van der Waals surface area contributed by atoms with Crippen LogP contribution < -0.4 is 5.43 Å². The van der Waals surface area contributed by atoms with Gasteiger partial charge in [0.15, 0.2) is 0 Å². The summed E-state index contributed by atoms with van der Waals surface area (Å²) < 4.78 is 0. The number of fused-ring (bicyclic) bond motifs is 1. The number of benzene rings is 1. The zero-order chi connectivity index (χ0) is 17.9. The topological polar surface area (TPSA) is 88.1 Å². The third-order valence-electron chi connectivity index (χ3n) is 4.19. The summed E-state index contributed by atoms with van der Waals surface area (Å²) in [5.41, 5.74) is 5.91. The van der Waals surface area contributed by atoms with Crippen LogP contribution in [0.15, 0.2) is 61.2 Å². The first-order valence-electron chi connectivity index (χ1n) is 8.15. The van der Waals surface area contributed by atoms with Gasteiger partial charge in [-0.15, -0.1) is 0 Å². The Kier molecular flexibility index (Phi) is 4.10. The van der Waals surface area contributed by atoms with Crippen LogP contribution in [0, 0.1) is 0 Å². The Labute approximate surface area is 149 Å². The second-order valence-corrected chi connectivity index (χ2v) is 5.83. The van der Waals surface area contributed by atoms with Gasteiger partial charge >= 0.3 is 0 Å². The lowest BCUT2D eigenvalue weighted by molar-refractivity contribution is 0.0566. The largest absolute Gasteiger partial charge is 0.288 e. The van der Waals surface area contributed by atoms with Gasteiger partial charge in [0.05, 0.1) is 11.9 Å². The van der Waals surface area contributed by atoms with Gasteiger partial charge in [-0.05, 0) is 30.2 Å². The molecule has 128 valence electrons. The molecule has 0 spiro atoms. The van der Waals surface area contributed by atoms with Gasteiger partial charge in [0.2, 0.25) is 0 Å². The van der Waals surface area contributed by atoms with Gasteiger partial charge in [0.25, 0.3) is 11.8 Å². The quantitative estimate of drug-likeness (QED) is 0.783. The molecule has 7 nitrogen and oxygen atoms in total. The number of aromatic nitrogens is 3. The van der Waals surface area contributed by atoms with Crippen LogP contribution in [0.4, 0.5) is 0 Å². The number of hydrogen-bond acceptors (Lipinski definition) is 5. The molecule has 0 radical (unpaired) electrons. The fourth-order valence-corrected chi connectivity index (χ4v) is 2.84. The van der Waals surface area contributed by atoms with Gasteiger partial charge in [-0.1, -0.05) is 18.2 Å². The standard InChI is InChI=1S/C19H15N5O2/c25-18(16-6-5-14(11-22-16)17-12-20-8-9-21-17)23-24-10-7-13-3-1-2-4-15(13)19(24)26/h1-6,8-9,11-12H,7,10H2,(H,23,25). The van der Waals surface area contributed by atoms with Gasteiger partial charge < -0.3 is 0 Å². The summed E-state index contributed by atoms with van der Waals surface area (Å²) in [7, 11) is 0. The maximum absolute atomic E-state index is 12.5. The van der Waals surface area contributed by atoms with E-state index >= 15 is 0 Å². The molecule has 0 unspecified atom stereocenters. The minimum atomic E-state index is -0.427. The van der Waals surface area contributed by atoms with Crippen molar-refractivity contribution in [1.82, 2.24) is 25.4 Å². The molecular weight excluding hydrogens is 330 g/mol. The Morgan fingerprint density at radius 1 is 1.04 bits per heavy atom. The van der Waals surface area contributed by atoms with Crippen molar-refractivity contribution >= 4 is 11.8 Å². The highest BCUT2D eigenvalue weighted by molar-refractivity contribution is 5.99. The van der Waals surface area contributed by atoms with E-state index < -0.39 is 5.91 Å². The molecule has 1 N–H and O–H groups in total. The minimum Gasteiger partial charge on any atom is -0.267 e. The van der Waals surface area contributed by atoms with Crippen LogP contribution in [0.3, 0.4) is 0 Å². The molecule has 2 aromatic heterocycles. The van der Waals surface area contributed by atoms with Crippen molar-refractivity contribution in [3.05, 3.63) is 78.0 Å². The zero-order valence-electron chi connectivity index (χ0n) is 13.8. The minimum absolute atomic E-state index is 0.212. The lowest BCUT2D eigenvalue weighted by atomic mass is 10.0. The molecule has 1 aliphatic heterocycles. The predicted octanol–water partition coefficient (Wildman–Crippen LogP) is 1.88. The number of rotatable bonds is 3. The third kappa shape index (κ3) is 3.02. The lowest BCUT2D eigenvalue weighted by Gasteiger charge is -2.28. The summed E-state index contributed by atoms with van der Waals surface area (Å²) in [6.07, 6.45) is 7.07. The average Bonchev–Trinajstić information content (AvgIpc) is 2.71. The Morgan fingerprint density at radius 3 is 2.69 bits per heavy atom. The second-order valence-electron chi connectivity index (χ2n) is 5.83. The van der Waals surface area contributed by atoms with Crippen molar-refractivity contribution < 1.29 is 9.59 Å². The molecule has 0 saturated carbocycles. The Hall–Kier alpha value is -3.61. The summed E-state index contributed by atoms with van der Waals surface area (Å²) in [6, 6.07) is 10.8. The number of carbonyl (C=O) groups is 2. The molecule has 4 rings (SSSR count). The molecule has 26 heavy (non-hydrogen) atoms. The number of nitrogens with one attached hydrogen (secondary N) is 1. The number of hydrazine groups is 1. The van der Waals surface area contributed by atoms with E-state index in [9.17, 15) is 9.59 Å². The molecule has 0 atom stereocenters. The van der Waals surface area contributed by atoms with Gasteiger partial charge in [-0.25, -0.2) is 5.01 Å². The SMILES string of the molecule is O=C(NN1CCc2ccccc2C1=O)c1ccc(-c2cnccn2)cn1. The van der Waals surface area contributed by atoms with Crippen LogP contribution in [0.2, 0.25) is 0 Å². The molecule has 3 aromatic rings. The van der Waals surface area contributed by atoms with E-state index in [-0.39, 0.29) is 11.6 Å². The van der Waals surface area contributed by atoms with Crippen molar-refractivity contribution in [3.63, 3.8) is 0 Å². The van der Waals surface area contributed by atoms with Crippen LogP contribution in [-0.2, 0) is 6.42 Å². The smallest absolute Gasteiger partial charge is 0.267 e. The van der Waals surface area contributed by atoms with Crippen molar-refractivity contribution in [1.29, 1.82) is 0 Å². The van der Waals surface area contributed by atoms with Crippen LogP contribution in [-0.4, -0.2) is 38.3 Å². The van der Waals surface area contributed by atoms with Crippen molar-refractivity contribution in [2.24, 2.45) is 0 Å². The number of carbonyl (C=O) groups excluding carboxylic acids is 2. The number of hydrogen-bond donors (Lipinski definition) is 1. The summed E-state index contributed by atoms with van der Waals surface area (Å²) in [5.74, 6) is -0.639. The first kappa shape index (κ1) is 15.9. The van der Waals surface area contributed by atoms with E-state index in [2.05, 4.69) is 20.4 Å². The van der Waals surface area contributed by atoms with E-state index in [0.717, 1.165) is 11.1 Å². The summed E-state index contributed by atoms with van der Waals surface area (Å²) in [4.78, 5) is 37.3. The predicted molar refractivity (Wildman–Crippen MR) is 93.9 cm³/mol. The van der Waals surface area contributed by atoms with E-state index in [1.807, 2.05) is 18.2 Å². The fourth-order valence-electron chi connectivity index (χ4n) is 2.84. The van der Waals surface area contributed by atoms with Crippen LogP contribution in [0.1, 0.15) is 26.4 Å². The third-order valence-corrected chi connectivity index (χ3v) is 4.19. The first-order valence-corrected chi connectivity index (χ1v) is 8.15. The Morgan fingerprint density at radius 2 is 1.92 bits per heavy atom. The molecule has 0 fully saturated rings. The van der Waals surface area contributed by atoms with Crippen molar-refractivity contribution in [2.75, 3.05) is 6.54 Å². The maximum atomic E-state index is 12.5. The van der Waals surface area contributed by atoms with Gasteiger partial charge in [-0.3, -0.25) is 30.0 Å². The van der Waals surface area contributed by atoms with Gasteiger partial charge in [0.1, 0.15) is 5.69 Å². The molecule has 2 amide bonds. The maximum Gasteiger partial charge on any atom is 0.288 e. The molecule has 1 aliphatic rings. The summed E-state index contributed by atoms with van der Waals surface area (Å²) in [6.45, 7) is 0.430. The van der Waals surface area contributed by atoms with E-state index in [1.165, 1.54) is 5.01 Å². The Balaban J connectivity index is 1.48. The second kappa shape index (κ2) is 6.72. The summed E-state index contributed by atoms with van der Waals surface area (Å²) in [5, 5.41) is 1.34. The average molecular weight is 345 g/mol. The van der Waals surface area contributed by atoms with Gasteiger partial charge in [-0.2, -0.15) is 0 Å². The molecule has 0 aliphatic carbocycles. The van der Waals surface area contributed by atoms with Crippen LogP contribution in [0.5, 0.6) is 0 Å². The highest BCUT2D eigenvalue weighted by Crippen LogP contribution is 2.18. The van der Waals surface area contributed by atoms with Gasteiger partial charge in [0, 0.05) is 36.3 Å². The van der Waals surface area contributed by atoms with E-state index in [4.69, 9.17) is 0 Å². The molecule has 0 saturated heterocycles. The Bertz CT molecular complexity index is 957. The molecule has 1 aromatic carbocycles. The van der Waals surface area contributed by atoms with Crippen LogP contribution in [0.25, 0.3) is 11.3 Å². The summed E-state index contributed by atoms with van der Waals surface area (Å²) >= 11 is 0. The number of pyridine rings is 1. The van der Waals surface area contributed by atoms with Crippen LogP contribution >= 0.6 is 0 Å². The zero-order valence-corrected chi connectivity index (χ0v) is 13.8. The van der Waals surface area contributed by atoms with E-state index in [0.29, 0.717) is 24.2 Å². The monoisotopic (exact) mass is 345 g/mol. The highest BCUT2D eigenvalue weighted by atomic mass is 16.2. The van der Waals surface area contributed by atoms with E-state index in [1.54, 1.807) is 43.0 Å². The first-order chi connectivity index (χ1) is 12.7. The molecule has 0 bridgehead atoms. The highest BCUT2D eigenvalue weighted by Gasteiger charge is 2.25. The normalized spacial score (nSPS) is 13.2. The fraction of sp³-hybridized carbons (Fsp3) is 0.105.